The van der Waals surface area contributed by atoms with Gasteiger partial charge in [-0.2, -0.15) is 5.10 Å². The number of nitrogens with one attached hydrogen (secondary N) is 2. The summed E-state index contributed by atoms with van der Waals surface area (Å²) in [7, 11) is 0. The summed E-state index contributed by atoms with van der Waals surface area (Å²) in [5.74, 6) is 0.591. The van der Waals surface area contributed by atoms with Crippen LogP contribution in [0.5, 0.6) is 5.75 Å². The van der Waals surface area contributed by atoms with Crippen LogP contribution >= 0.6 is 11.6 Å². The van der Waals surface area contributed by atoms with E-state index in [1.165, 1.54) is 0 Å². The summed E-state index contributed by atoms with van der Waals surface area (Å²) in [5, 5.41) is 10.1. The molecule has 2 N–H and O–H groups in total. The molecule has 0 spiro atoms. The van der Waals surface area contributed by atoms with E-state index in [-0.39, 0.29) is 5.91 Å². The molecule has 2 aromatic rings. The molecule has 0 aliphatic carbocycles. The molecule has 1 aliphatic rings. The van der Waals surface area contributed by atoms with Crippen molar-refractivity contribution >= 4 is 17.5 Å². The van der Waals surface area contributed by atoms with Crippen molar-refractivity contribution in [1.29, 1.82) is 0 Å². The van der Waals surface area contributed by atoms with Gasteiger partial charge in [-0.15, -0.1) is 0 Å². The van der Waals surface area contributed by atoms with Crippen LogP contribution in [0.4, 0.5) is 0 Å². The Morgan fingerprint density at radius 2 is 2.42 bits per heavy atom. The van der Waals surface area contributed by atoms with Crippen LogP contribution in [0.1, 0.15) is 11.3 Å². The van der Waals surface area contributed by atoms with Crippen LogP contribution in [0.3, 0.4) is 0 Å². The number of aromatic amines is 1. The van der Waals surface area contributed by atoms with Gasteiger partial charge in [-0.25, -0.2) is 0 Å². The molecular formula is C13H12ClN3O2. The average Bonchev–Trinajstić information content (AvgIpc) is 3.04. The third-order valence-corrected chi connectivity index (χ3v) is 3.24. The Bertz CT molecular complexity index is 598. The third-order valence-electron chi connectivity index (χ3n) is 3.00. The molecule has 3 rings (SSSR count). The van der Waals surface area contributed by atoms with Crippen molar-refractivity contribution in [3.63, 3.8) is 0 Å². The molecule has 19 heavy (non-hydrogen) atoms. The van der Waals surface area contributed by atoms with E-state index in [2.05, 4.69) is 15.5 Å². The average molecular weight is 278 g/mol. The predicted molar refractivity (Wildman–Crippen MR) is 70.0 cm³/mol. The second kappa shape index (κ2) is 4.93. The number of benzene rings is 1. The lowest BCUT2D eigenvalue weighted by Crippen LogP contribution is -2.37. The highest BCUT2D eigenvalue weighted by atomic mass is 35.5. The molecule has 0 unspecified atom stereocenters. The van der Waals surface area contributed by atoms with Gasteiger partial charge < -0.3 is 10.1 Å². The Hall–Kier alpha value is -2.01. The summed E-state index contributed by atoms with van der Waals surface area (Å²) in [5.41, 5.74) is 1.82. The largest absolute Gasteiger partial charge is 0.480 e. The molecule has 5 nitrogen and oxygen atoms in total. The molecule has 1 aromatic heterocycles. The van der Waals surface area contributed by atoms with Crippen LogP contribution in [0.2, 0.25) is 5.02 Å². The summed E-state index contributed by atoms with van der Waals surface area (Å²) < 4.78 is 5.60. The van der Waals surface area contributed by atoms with E-state index in [0.717, 1.165) is 17.0 Å². The highest BCUT2D eigenvalue weighted by molar-refractivity contribution is 6.30. The highest BCUT2D eigenvalue weighted by Gasteiger charge is 2.28. The molecule has 6 heteroatoms. The monoisotopic (exact) mass is 277 g/mol. The summed E-state index contributed by atoms with van der Waals surface area (Å²) in [6.45, 7) is 0.412. The van der Waals surface area contributed by atoms with Gasteiger partial charge in [0.1, 0.15) is 5.75 Å². The molecule has 1 atom stereocenters. The van der Waals surface area contributed by atoms with Crippen LogP contribution in [0, 0.1) is 0 Å². The van der Waals surface area contributed by atoms with Gasteiger partial charge in [0.25, 0.3) is 5.91 Å². The van der Waals surface area contributed by atoms with Gasteiger partial charge in [0, 0.05) is 17.6 Å². The lowest BCUT2D eigenvalue weighted by molar-refractivity contribution is -0.127. The minimum atomic E-state index is -0.489. The topological polar surface area (TPSA) is 67.0 Å². The fourth-order valence-electron chi connectivity index (χ4n) is 2.04. The second-order valence-electron chi connectivity index (χ2n) is 4.36. The Balaban J connectivity index is 1.61. The van der Waals surface area contributed by atoms with Crippen LogP contribution in [-0.4, -0.2) is 22.2 Å². The predicted octanol–water partition coefficient (Wildman–Crippen LogP) is 1.68. The Morgan fingerprint density at radius 3 is 3.21 bits per heavy atom. The van der Waals surface area contributed by atoms with Crippen molar-refractivity contribution in [2.24, 2.45) is 0 Å². The van der Waals surface area contributed by atoms with Gasteiger partial charge in [-0.1, -0.05) is 11.6 Å². The number of rotatable bonds is 3. The van der Waals surface area contributed by atoms with Crippen LogP contribution in [-0.2, 0) is 17.8 Å². The summed E-state index contributed by atoms with van der Waals surface area (Å²) in [6, 6.07) is 7.19. The van der Waals surface area contributed by atoms with Gasteiger partial charge in [-0.3, -0.25) is 9.89 Å². The van der Waals surface area contributed by atoms with Gasteiger partial charge in [0.2, 0.25) is 0 Å². The molecule has 1 aliphatic heterocycles. The van der Waals surface area contributed by atoms with Gasteiger partial charge in [0.15, 0.2) is 6.10 Å². The number of aromatic nitrogens is 2. The molecule has 0 saturated heterocycles. The lowest BCUT2D eigenvalue weighted by atomic mass is 10.1. The van der Waals surface area contributed by atoms with E-state index in [9.17, 15) is 4.79 Å². The van der Waals surface area contributed by atoms with Crippen molar-refractivity contribution in [2.45, 2.75) is 19.1 Å². The maximum Gasteiger partial charge on any atom is 0.261 e. The Kier molecular flexibility index (Phi) is 3.13. The van der Waals surface area contributed by atoms with E-state index in [1.54, 1.807) is 18.3 Å². The van der Waals surface area contributed by atoms with Gasteiger partial charge in [-0.05, 0) is 29.8 Å². The number of H-pyrrole nitrogens is 1. The minimum absolute atomic E-state index is 0.137. The molecule has 0 saturated carbocycles. The molecular weight excluding hydrogens is 266 g/mol. The number of fused-ring (bicyclic) bond motifs is 1. The molecule has 0 bridgehead atoms. The molecule has 0 radical (unpaired) electrons. The Morgan fingerprint density at radius 1 is 1.53 bits per heavy atom. The maximum atomic E-state index is 12.0. The fraction of sp³-hybridized carbons (Fsp3) is 0.231. The first kappa shape index (κ1) is 12.0. The first-order valence-electron chi connectivity index (χ1n) is 5.93. The number of nitrogens with zero attached hydrogens (tertiary/aromatic N) is 1. The van der Waals surface area contributed by atoms with Crippen LogP contribution < -0.4 is 10.1 Å². The first-order valence-corrected chi connectivity index (χ1v) is 6.31. The minimum Gasteiger partial charge on any atom is -0.480 e. The fourth-order valence-corrected chi connectivity index (χ4v) is 2.24. The number of carbonyl (C=O) groups is 1. The number of hydrogen-bond donors (Lipinski definition) is 2. The molecule has 1 amide bonds. The van der Waals surface area contributed by atoms with Crippen molar-refractivity contribution in [3.8, 4) is 5.75 Å². The van der Waals surface area contributed by atoms with Gasteiger partial charge in [0.05, 0.1) is 12.2 Å². The van der Waals surface area contributed by atoms with Crippen molar-refractivity contribution < 1.29 is 9.53 Å². The zero-order valence-corrected chi connectivity index (χ0v) is 10.8. The van der Waals surface area contributed by atoms with E-state index >= 15 is 0 Å². The summed E-state index contributed by atoms with van der Waals surface area (Å²) in [6.07, 6.45) is 1.70. The van der Waals surface area contributed by atoms with Crippen molar-refractivity contribution in [2.75, 3.05) is 0 Å². The number of hydrogen-bond acceptors (Lipinski definition) is 3. The van der Waals surface area contributed by atoms with Crippen molar-refractivity contribution in [1.82, 2.24) is 15.5 Å². The van der Waals surface area contributed by atoms with Gasteiger partial charge >= 0.3 is 0 Å². The SMILES string of the molecule is O=C(NCc1ccn[nH]1)[C@H]1Cc2cc(Cl)ccc2O1. The third kappa shape index (κ3) is 2.56. The summed E-state index contributed by atoms with van der Waals surface area (Å²) in [4.78, 5) is 12.0. The van der Waals surface area contributed by atoms with Crippen LogP contribution in [0.25, 0.3) is 0 Å². The second-order valence-corrected chi connectivity index (χ2v) is 4.80. The molecule has 2 heterocycles. The molecule has 98 valence electrons. The smallest absolute Gasteiger partial charge is 0.261 e. The Labute approximate surface area is 114 Å². The molecule has 1 aromatic carbocycles. The number of ether oxygens (including phenoxy) is 1. The zero-order valence-electron chi connectivity index (χ0n) is 10.0. The van der Waals surface area contributed by atoms with E-state index in [1.807, 2.05) is 12.1 Å². The van der Waals surface area contributed by atoms with E-state index < -0.39 is 6.10 Å². The number of amides is 1. The molecule has 0 fully saturated rings. The zero-order chi connectivity index (χ0) is 13.2. The summed E-state index contributed by atoms with van der Waals surface area (Å²) >= 11 is 5.91. The standard InChI is InChI=1S/C13H12ClN3O2/c14-9-1-2-11-8(5-9)6-12(19-11)13(18)15-7-10-3-4-16-17-10/h1-5,12H,6-7H2,(H,15,18)(H,16,17)/t12-/m1/s1. The first-order chi connectivity index (χ1) is 9.22. The van der Waals surface area contributed by atoms with Crippen molar-refractivity contribution in [3.05, 3.63) is 46.7 Å². The van der Waals surface area contributed by atoms with E-state index in [0.29, 0.717) is 18.0 Å². The number of halogens is 1. The quantitative estimate of drug-likeness (QED) is 0.897. The number of carbonyl (C=O) groups excluding carboxylic acids is 1. The maximum absolute atomic E-state index is 12.0. The van der Waals surface area contributed by atoms with Crippen LogP contribution in [0.15, 0.2) is 30.5 Å². The normalized spacial score (nSPS) is 16.8. The highest BCUT2D eigenvalue weighted by Crippen LogP contribution is 2.31. The van der Waals surface area contributed by atoms with E-state index in [4.69, 9.17) is 16.3 Å². The lowest BCUT2D eigenvalue weighted by Gasteiger charge is -2.10.